The number of hydrogen-bond acceptors (Lipinski definition) is 4. The summed E-state index contributed by atoms with van der Waals surface area (Å²) in [5, 5.41) is 12.2. The van der Waals surface area contributed by atoms with Gasteiger partial charge in [-0.3, -0.25) is 0 Å². The molecule has 2 N–H and O–H groups in total. The van der Waals surface area contributed by atoms with Gasteiger partial charge >= 0.3 is 6.03 Å². The predicted octanol–water partition coefficient (Wildman–Crippen LogP) is 1.39. The lowest BCUT2D eigenvalue weighted by atomic mass is 10.1. The van der Waals surface area contributed by atoms with Gasteiger partial charge in [-0.1, -0.05) is 12.1 Å². The van der Waals surface area contributed by atoms with Crippen LogP contribution in [0.4, 0.5) is 10.5 Å². The number of benzene rings is 1. The van der Waals surface area contributed by atoms with Crippen molar-refractivity contribution >= 4 is 21.6 Å². The smallest absolute Gasteiger partial charge is 0.321 e. The van der Waals surface area contributed by atoms with Crippen molar-refractivity contribution in [2.24, 2.45) is 0 Å². The van der Waals surface area contributed by atoms with Gasteiger partial charge in [0.15, 0.2) is 9.84 Å². The Kier molecular flexibility index (Phi) is 4.84. The van der Waals surface area contributed by atoms with Crippen molar-refractivity contribution in [3.05, 3.63) is 29.8 Å². The van der Waals surface area contributed by atoms with Gasteiger partial charge in [0.2, 0.25) is 0 Å². The summed E-state index contributed by atoms with van der Waals surface area (Å²) in [6.07, 6.45) is -0.0814. The fraction of sp³-hybridized carbons (Fsp3) is 0.500. The molecule has 1 fully saturated rings. The number of urea groups is 1. The molecule has 6 nitrogen and oxygen atoms in total. The van der Waals surface area contributed by atoms with E-state index in [1.807, 2.05) is 0 Å². The number of nitrogens with zero attached hydrogens (tertiary/aromatic N) is 1. The minimum atomic E-state index is -3.02. The molecule has 0 aliphatic carbocycles. The molecular weight excluding hydrogens is 292 g/mol. The van der Waals surface area contributed by atoms with Gasteiger partial charge in [-0.2, -0.15) is 0 Å². The zero-order valence-corrected chi connectivity index (χ0v) is 12.8. The van der Waals surface area contributed by atoms with Crippen molar-refractivity contribution in [3.8, 4) is 0 Å². The van der Waals surface area contributed by atoms with Crippen LogP contribution in [0.5, 0.6) is 0 Å². The van der Waals surface area contributed by atoms with E-state index in [1.54, 1.807) is 31.2 Å². The summed E-state index contributed by atoms with van der Waals surface area (Å²) < 4.78 is 23.0. The van der Waals surface area contributed by atoms with Crippen LogP contribution in [0.25, 0.3) is 0 Å². The van der Waals surface area contributed by atoms with Gasteiger partial charge in [0.1, 0.15) is 0 Å². The zero-order chi connectivity index (χ0) is 15.5. The summed E-state index contributed by atoms with van der Waals surface area (Å²) >= 11 is 0. The second-order valence-electron chi connectivity index (χ2n) is 5.22. The fourth-order valence-electron chi connectivity index (χ4n) is 2.19. The maximum atomic E-state index is 12.1. The Morgan fingerprint density at radius 2 is 1.90 bits per heavy atom. The third kappa shape index (κ3) is 4.44. The van der Waals surface area contributed by atoms with Gasteiger partial charge in [0, 0.05) is 18.8 Å². The Balaban J connectivity index is 1.97. The minimum absolute atomic E-state index is 0.0153. The molecule has 0 aromatic heterocycles. The monoisotopic (exact) mass is 312 g/mol. The van der Waals surface area contributed by atoms with E-state index in [2.05, 4.69) is 5.32 Å². The third-order valence-corrected chi connectivity index (χ3v) is 5.20. The summed E-state index contributed by atoms with van der Waals surface area (Å²) in [5.41, 5.74) is 1.39. The molecule has 1 aliphatic heterocycles. The molecule has 1 aromatic carbocycles. The molecule has 1 heterocycles. The number of rotatable bonds is 2. The van der Waals surface area contributed by atoms with Gasteiger partial charge in [0.05, 0.1) is 17.6 Å². The Morgan fingerprint density at radius 3 is 2.52 bits per heavy atom. The van der Waals surface area contributed by atoms with E-state index in [0.717, 1.165) is 5.56 Å². The average molecular weight is 312 g/mol. The summed E-state index contributed by atoms with van der Waals surface area (Å²) in [7, 11) is -3.02. The quantitative estimate of drug-likeness (QED) is 0.864. The Labute approximate surface area is 124 Å². The van der Waals surface area contributed by atoms with Gasteiger partial charge in [-0.05, 0) is 31.0 Å². The lowest BCUT2D eigenvalue weighted by molar-refractivity contribution is 0.199. The molecule has 1 saturated heterocycles. The van der Waals surface area contributed by atoms with Crippen LogP contribution in [0.15, 0.2) is 24.3 Å². The van der Waals surface area contributed by atoms with Crippen LogP contribution in [-0.2, 0) is 9.84 Å². The molecule has 116 valence electrons. The molecule has 0 bridgehead atoms. The van der Waals surface area contributed by atoms with Crippen molar-refractivity contribution in [2.45, 2.75) is 19.4 Å². The first-order valence-electron chi connectivity index (χ1n) is 6.92. The lowest BCUT2D eigenvalue weighted by Crippen LogP contribution is -2.37. The molecule has 0 saturated carbocycles. The number of aliphatic hydroxyl groups is 1. The maximum absolute atomic E-state index is 12.1. The first-order chi connectivity index (χ1) is 9.87. The number of anilines is 1. The van der Waals surface area contributed by atoms with Crippen LogP contribution < -0.4 is 5.32 Å². The number of aliphatic hydroxyl groups excluding tert-OH is 1. The van der Waals surface area contributed by atoms with Crippen LogP contribution in [0, 0.1) is 0 Å². The largest absolute Gasteiger partial charge is 0.389 e. The summed E-state index contributed by atoms with van der Waals surface area (Å²) in [5.74, 6) is 0.154. The molecule has 2 amide bonds. The zero-order valence-electron chi connectivity index (χ0n) is 11.9. The van der Waals surface area contributed by atoms with Crippen LogP contribution >= 0.6 is 0 Å². The number of nitrogens with one attached hydrogen (secondary N) is 1. The Hall–Kier alpha value is -1.60. The average Bonchev–Trinajstić information content (AvgIpc) is 2.60. The second-order valence-corrected chi connectivity index (χ2v) is 7.52. The molecule has 0 spiro atoms. The first-order valence-corrected chi connectivity index (χ1v) is 8.74. The lowest BCUT2D eigenvalue weighted by Gasteiger charge is -2.20. The van der Waals surface area contributed by atoms with Crippen LogP contribution in [-0.4, -0.2) is 49.1 Å². The molecule has 1 unspecified atom stereocenters. The van der Waals surface area contributed by atoms with Crippen molar-refractivity contribution in [1.29, 1.82) is 0 Å². The van der Waals surface area contributed by atoms with E-state index in [1.165, 1.54) is 4.90 Å². The topological polar surface area (TPSA) is 86.7 Å². The second kappa shape index (κ2) is 6.44. The Morgan fingerprint density at radius 1 is 1.24 bits per heavy atom. The summed E-state index contributed by atoms with van der Waals surface area (Å²) in [6.45, 7) is 2.34. The molecule has 1 aromatic rings. The van der Waals surface area contributed by atoms with E-state index >= 15 is 0 Å². The first kappa shape index (κ1) is 15.8. The van der Waals surface area contributed by atoms with Gasteiger partial charge in [-0.15, -0.1) is 0 Å². The van der Waals surface area contributed by atoms with Gasteiger partial charge in [0.25, 0.3) is 0 Å². The number of carbonyl (C=O) groups excluding carboxylic acids is 1. The number of sulfone groups is 1. The van der Waals surface area contributed by atoms with Crippen LogP contribution in [0.3, 0.4) is 0 Å². The molecule has 21 heavy (non-hydrogen) atoms. The predicted molar refractivity (Wildman–Crippen MR) is 80.9 cm³/mol. The molecule has 0 radical (unpaired) electrons. The minimum Gasteiger partial charge on any atom is -0.389 e. The normalized spacial score (nSPS) is 19.6. The van der Waals surface area contributed by atoms with Crippen LogP contribution in [0.2, 0.25) is 0 Å². The Bertz CT molecular complexity index is 596. The SMILES string of the molecule is CC(O)c1ccc(NC(=O)N2CCCS(=O)(=O)CC2)cc1. The van der Waals surface area contributed by atoms with Gasteiger partial charge < -0.3 is 15.3 Å². The number of hydrogen-bond donors (Lipinski definition) is 2. The third-order valence-electron chi connectivity index (χ3n) is 3.49. The maximum Gasteiger partial charge on any atom is 0.321 e. The van der Waals surface area contributed by atoms with E-state index < -0.39 is 15.9 Å². The summed E-state index contributed by atoms with van der Waals surface area (Å²) in [4.78, 5) is 13.6. The number of amides is 2. The highest BCUT2D eigenvalue weighted by molar-refractivity contribution is 7.91. The molecular formula is C14H20N2O4S. The van der Waals surface area contributed by atoms with E-state index in [9.17, 15) is 18.3 Å². The molecule has 7 heteroatoms. The highest BCUT2D eigenvalue weighted by atomic mass is 32.2. The summed E-state index contributed by atoms with van der Waals surface area (Å²) in [6, 6.07) is 6.63. The van der Waals surface area contributed by atoms with E-state index in [0.29, 0.717) is 18.7 Å². The molecule has 1 aliphatic rings. The van der Waals surface area contributed by atoms with Crippen molar-refractivity contribution < 1.29 is 18.3 Å². The van der Waals surface area contributed by atoms with E-state index in [4.69, 9.17) is 0 Å². The molecule has 2 rings (SSSR count). The standard InChI is InChI=1S/C14H20N2O4S/c1-11(17)12-3-5-13(6-4-12)15-14(18)16-7-2-9-21(19,20)10-8-16/h3-6,11,17H,2,7-10H2,1H3,(H,15,18). The van der Waals surface area contributed by atoms with Crippen LogP contribution in [0.1, 0.15) is 25.0 Å². The fourth-order valence-corrected chi connectivity index (χ4v) is 3.46. The number of carbonyl (C=O) groups is 1. The van der Waals surface area contributed by atoms with Gasteiger partial charge in [-0.25, -0.2) is 13.2 Å². The van der Waals surface area contributed by atoms with Crippen molar-refractivity contribution in [1.82, 2.24) is 4.90 Å². The van der Waals surface area contributed by atoms with Crippen molar-refractivity contribution in [3.63, 3.8) is 0 Å². The highest BCUT2D eigenvalue weighted by Gasteiger charge is 2.22. The van der Waals surface area contributed by atoms with Crippen molar-refractivity contribution in [2.75, 3.05) is 29.9 Å². The van der Waals surface area contributed by atoms with E-state index in [-0.39, 0.29) is 24.1 Å². The highest BCUT2D eigenvalue weighted by Crippen LogP contribution is 2.16. The molecule has 1 atom stereocenters.